The van der Waals surface area contributed by atoms with E-state index in [2.05, 4.69) is 23.6 Å². The number of carbonyl (C=O) groups excluding carboxylic acids is 1. The molecular formula is C23H30N2O4. The molecule has 1 saturated heterocycles. The molecule has 0 radical (unpaired) electrons. The molecule has 1 fully saturated rings. The van der Waals surface area contributed by atoms with Crippen molar-refractivity contribution >= 4 is 11.9 Å². The Hall–Kier alpha value is -2.60. The predicted molar refractivity (Wildman–Crippen MR) is 111 cm³/mol. The topological polar surface area (TPSA) is 71.8 Å². The van der Waals surface area contributed by atoms with Crippen LogP contribution in [0.15, 0.2) is 36.4 Å². The second-order valence-corrected chi connectivity index (χ2v) is 7.73. The number of ether oxygens (including phenoxy) is 1. The van der Waals surface area contributed by atoms with Crippen molar-refractivity contribution < 1.29 is 19.4 Å². The van der Waals surface area contributed by atoms with E-state index in [1.807, 2.05) is 38.1 Å². The number of carbonyl (C=O) groups is 2. The highest BCUT2D eigenvalue weighted by molar-refractivity contribution is 5.96. The van der Waals surface area contributed by atoms with Crippen LogP contribution < -0.4 is 0 Å². The SMILES string of the molecule is Cc1cc(C(=O)N(CCC(=O)O)C2CCOCC2)c(C)n1C(C)c1ccccc1. The Morgan fingerprint density at radius 3 is 2.48 bits per heavy atom. The van der Waals surface area contributed by atoms with Crippen LogP contribution in [0.3, 0.4) is 0 Å². The van der Waals surface area contributed by atoms with E-state index in [1.165, 1.54) is 5.56 Å². The molecule has 3 rings (SSSR count). The quantitative estimate of drug-likeness (QED) is 0.770. The molecular weight excluding hydrogens is 368 g/mol. The minimum Gasteiger partial charge on any atom is -0.481 e. The van der Waals surface area contributed by atoms with Crippen molar-refractivity contribution in [1.29, 1.82) is 0 Å². The van der Waals surface area contributed by atoms with E-state index >= 15 is 0 Å². The van der Waals surface area contributed by atoms with Gasteiger partial charge in [-0.1, -0.05) is 30.3 Å². The van der Waals surface area contributed by atoms with Crippen LogP contribution in [0.1, 0.15) is 59.5 Å². The molecule has 2 heterocycles. The van der Waals surface area contributed by atoms with Crippen molar-refractivity contribution in [2.24, 2.45) is 0 Å². The average Bonchev–Trinajstić information content (AvgIpc) is 3.02. The monoisotopic (exact) mass is 398 g/mol. The molecule has 1 aromatic carbocycles. The van der Waals surface area contributed by atoms with Crippen molar-refractivity contribution in [3.8, 4) is 0 Å². The molecule has 6 heteroatoms. The molecule has 1 unspecified atom stereocenters. The van der Waals surface area contributed by atoms with Crippen molar-refractivity contribution in [1.82, 2.24) is 9.47 Å². The molecule has 6 nitrogen and oxygen atoms in total. The van der Waals surface area contributed by atoms with Crippen molar-refractivity contribution in [2.75, 3.05) is 19.8 Å². The van der Waals surface area contributed by atoms with Gasteiger partial charge in [0.05, 0.1) is 18.0 Å². The number of carboxylic acid groups (broad SMARTS) is 1. The van der Waals surface area contributed by atoms with Crippen LogP contribution in [-0.2, 0) is 9.53 Å². The molecule has 1 N–H and O–H groups in total. The van der Waals surface area contributed by atoms with Crippen LogP contribution >= 0.6 is 0 Å². The van der Waals surface area contributed by atoms with Gasteiger partial charge in [-0.3, -0.25) is 9.59 Å². The Balaban J connectivity index is 1.91. The van der Waals surface area contributed by atoms with Gasteiger partial charge in [0, 0.05) is 37.2 Å². The summed E-state index contributed by atoms with van der Waals surface area (Å²) in [7, 11) is 0. The van der Waals surface area contributed by atoms with Gasteiger partial charge < -0.3 is 19.3 Å². The van der Waals surface area contributed by atoms with Gasteiger partial charge in [0.15, 0.2) is 0 Å². The lowest BCUT2D eigenvalue weighted by molar-refractivity contribution is -0.137. The zero-order valence-electron chi connectivity index (χ0n) is 17.4. The normalized spacial score (nSPS) is 15.8. The summed E-state index contributed by atoms with van der Waals surface area (Å²) in [6, 6.07) is 12.3. The summed E-state index contributed by atoms with van der Waals surface area (Å²) >= 11 is 0. The lowest BCUT2D eigenvalue weighted by Crippen LogP contribution is -2.44. The summed E-state index contributed by atoms with van der Waals surface area (Å²) in [5.74, 6) is -0.976. The van der Waals surface area contributed by atoms with Crippen LogP contribution in [0, 0.1) is 13.8 Å². The first-order chi connectivity index (χ1) is 13.9. The molecule has 0 bridgehead atoms. The number of hydrogen-bond donors (Lipinski definition) is 1. The molecule has 2 aromatic rings. The maximum absolute atomic E-state index is 13.5. The second-order valence-electron chi connectivity index (χ2n) is 7.73. The van der Waals surface area contributed by atoms with E-state index < -0.39 is 5.97 Å². The Bertz CT molecular complexity index is 853. The minimum atomic E-state index is -0.891. The van der Waals surface area contributed by atoms with Crippen LogP contribution in [0.4, 0.5) is 0 Å². The van der Waals surface area contributed by atoms with Crippen molar-refractivity contribution in [2.45, 2.75) is 52.1 Å². The first-order valence-corrected chi connectivity index (χ1v) is 10.2. The largest absolute Gasteiger partial charge is 0.481 e. The van der Waals surface area contributed by atoms with E-state index in [9.17, 15) is 9.59 Å². The number of nitrogens with zero attached hydrogens (tertiary/aromatic N) is 2. The van der Waals surface area contributed by atoms with Gasteiger partial charge in [-0.2, -0.15) is 0 Å². The van der Waals surface area contributed by atoms with E-state index in [1.54, 1.807) is 4.90 Å². The first kappa shape index (κ1) is 21.1. The molecule has 0 spiro atoms. The van der Waals surface area contributed by atoms with Gasteiger partial charge in [-0.05, 0) is 45.2 Å². The van der Waals surface area contributed by atoms with Gasteiger partial charge in [0.2, 0.25) is 0 Å². The highest BCUT2D eigenvalue weighted by Crippen LogP contribution is 2.27. The van der Waals surface area contributed by atoms with E-state index in [0.717, 1.165) is 24.2 Å². The maximum Gasteiger partial charge on any atom is 0.305 e. The molecule has 156 valence electrons. The van der Waals surface area contributed by atoms with Crippen LogP contribution in [-0.4, -0.2) is 52.3 Å². The third-order valence-electron chi connectivity index (χ3n) is 5.84. The Labute approximate surface area is 172 Å². The second kappa shape index (κ2) is 9.27. The Morgan fingerprint density at radius 1 is 1.21 bits per heavy atom. The molecule has 1 aromatic heterocycles. The van der Waals surface area contributed by atoms with Crippen LogP contribution in [0.5, 0.6) is 0 Å². The summed E-state index contributed by atoms with van der Waals surface area (Å²) in [6.45, 7) is 7.54. The number of benzene rings is 1. The fourth-order valence-electron chi connectivity index (χ4n) is 4.29. The van der Waals surface area contributed by atoms with E-state index in [4.69, 9.17) is 9.84 Å². The number of aromatic nitrogens is 1. The van der Waals surface area contributed by atoms with Gasteiger partial charge in [-0.25, -0.2) is 0 Å². The lowest BCUT2D eigenvalue weighted by Gasteiger charge is -2.34. The molecule has 1 amide bonds. The fraction of sp³-hybridized carbons (Fsp3) is 0.478. The van der Waals surface area contributed by atoms with E-state index in [-0.39, 0.29) is 31.0 Å². The number of aryl methyl sites for hydroxylation is 1. The highest BCUT2D eigenvalue weighted by Gasteiger charge is 2.30. The Kier molecular flexibility index (Phi) is 6.75. The standard InChI is InChI=1S/C23H30N2O4/c1-16-15-21(18(3)25(16)17(2)19-7-5-4-6-8-19)23(28)24(12-9-22(26)27)20-10-13-29-14-11-20/h4-8,15,17,20H,9-14H2,1-3H3,(H,26,27). The van der Waals surface area contributed by atoms with Gasteiger partial charge in [0.1, 0.15) is 0 Å². The first-order valence-electron chi connectivity index (χ1n) is 10.2. The summed E-state index contributed by atoms with van der Waals surface area (Å²) < 4.78 is 7.61. The van der Waals surface area contributed by atoms with Crippen molar-refractivity contribution in [3.63, 3.8) is 0 Å². The highest BCUT2D eigenvalue weighted by atomic mass is 16.5. The summed E-state index contributed by atoms with van der Waals surface area (Å²) in [6.07, 6.45) is 1.43. The zero-order chi connectivity index (χ0) is 21.0. The third kappa shape index (κ3) is 4.70. The van der Waals surface area contributed by atoms with Crippen LogP contribution in [0.2, 0.25) is 0 Å². The number of amides is 1. The summed E-state index contributed by atoms with van der Waals surface area (Å²) in [4.78, 5) is 26.4. The van der Waals surface area contributed by atoms with E-state index in [0.29, 0.717) is 18.8 Å². The van der Waals surface area contributed by atoms with Crippen molar-refractivity contribution in [3.05, 3.63) is 58.9 Å². The minimum absolute atomic E-state index is 0.0187. The fourth-order valence-corrected chi connectivity index (χ4v) is 4.29. The molecule has 1 aliphatic rings. The number of carboxylic acids is 1. The lowest BCUT2D eigenvalue weighted by atomic mass is 10.0. The van der Waals surface area contributed by atoms with Gasteiger partial charge >= 0.3 is 5.97 Å². The smallest absolute Gasteiger partial charge is 0.305 e. The number of aliphatic carboxylic acids is 1. The number of hydrogen-bond acceptors (Lipinski definition) is 3. The van der Waals surface area contributed by atoms with Gasteiger partial charge in [0.25, 0.3) is 5.91 Å². The third-order valence-corrected chi connectivity index (χ3v) is 5.84. The van der Waals surface area contributed by atoms with Gasteiger partial charge in [-0.15, -0.1) is 0 Å². The maximum atomic E-state index is 13.5. The zero-order valence-corrected chi connectivity index (χ0v) is 17.4. The van der Waals surface area contributed by atoms with Crippen LogP contribution in [0.25, 0.3) is 0 Å². The number of rotatable bonds is 7. The predicted octanol–water partition coefficient (Wildman–Crippen LogP) is 3.81. The Morgan fingerprint density at radius 2 is 1.86 bits per heavy atom. The molecule has 1 atom stereocenters. The molecule has 1 aliphatic heterocycles. The average molecular weight is 399 g/mol. The summed E-state index contributed by atoms with van der Waals surface area (Å²) in [5.41, 5.74) is 3.77. The summed E-state index contributed by atoms with van der Waals surface area (Å²) in [5, 5.41) is 9.15. The molecule has 0 saturated carbocycles. The molecule has 29 heavy (non-hydrogen) atoms. The molecule has 0 aliphatic carbocycles.